The molecule has 1 aliphatic carbocycles. The molecule has 0 heterocycles. The summed E-state index contributed by atoms with van der Waals surface area (Å²) in [5.74, 6) is 1.10. The normalized spacial score (nSPS) is 15.4. The molecule has 4 heteroatoms. The standard InChI is InChI=1S/C10H14O.C8H13Si.C2H7Si.Ti/c1-10(2,3)8-5-4-6-9(11)7-8;1-9(2,3)8-6-4-5-7-8;1-3-2;/h4-7,11H,1-3H3;4,6H,5H2,1-3H3;3H,1-2H3;/q;;;+1/p-1. The molecule has 0 fully saturated rings. The Morgan fingerprint density at radius 3 is 2.33 bits per heavy atom. The first kappa shape index (κ1) is 20.0. The van der Waals surface area contributed by atoms with Crippen molar-refractivity contribution in [3.8, 4) is 5.75 Å². The SMILES string of the molecule is C[SiH](C)[Ti]([O]c1cccc(C(C)(C)C)c1)[C]1=C([Si](C)(C)C)C=CC1. The van der Waals surface area contributed by atoms with Gasteiger partial charge in [0, 0.05) is 0 Å². The van der Waals surface area contributed by atoms with E-state index >= 15 is 0 Å². The minimum absolute atomic E-state index is 0.173. The fraction of sp³-hybridized carbons (Fsp3) is 0.500. The zero-order valence-electron chi connectivity index (χ0n) is 16.7. The van der Waals surface area contributed by atoms with Crippen molar-refractivity contribution >= 4 is 14.7 Å². The quantitative estimate of drug-likeness (QED) is 0.560. The Kier molecular flexibility index (Phi) is 6.23. The number of allylic oxidation sites excluding steroid dienone is 4. The average Bonchev–Trinajstić information content (AvgIpc) is 2.93. The third-order valence-electron chi connectivity index (χ3n) is 4.49. The summed E-state index contributed by atoms with van der Waals surface area (Å²) in [6, 6.07) is 8.83. The second-order valence-electron chi connectivity index (χ2n) is 9.15. The summed E-state index contributed by atoms with van der Waals surface area (Å²) in [4.78, 5) is 0. The number of hydrogen-bond donors (Lipinski definition) is 0. The van der Waals surface area contributed by atoms with Gasteiger partial charge >= 0.3 is 158 Å². The van der Waals surface area contributed by atoms with Crippen LogP contribution in [0.2, 0.25) is 32.7 Å². The second-order valence-corrected chi connectivity index (χ2v) is 26.5. The summed E-state index contributed by atoms with van der Waals surface area (Å²) in [6.45, 7) is 18.4. The molecule has 0 aliphatic heterocycles. The topological polar surface area (TPSA) is 9.23 Å². The Morgan fingerprint density at radius 2 is 1.79 bits per heavy atom. The van der Waals surface area contributed by atoms with Gasteiger partial charge < -0.3 is 0 Å². The van der Waals surface area contributed by atoms with Crippen LogP contribution in [0.15, 0.2) is 45.5 Å². The third-order valence-corrected chi connectivity index (χ3v) is 17.2. The summed E-state index contributed by atoms with van der Waals surface area (Å²) < 4.78 is 8.51. The fourth-order valence-corrected chi connectivity index (χ4v) is 16.4. The van der Waals surface area contributed by atoms with Crippen LogP contribution < -0.4 is 3.32 Å². The molecule has 1 aromatic rings. The molecule has 0 radical (unpaired) electrons. The van der Waals surface area contributed by atoms with Gasteiger partial charge in [-0.1, -0.05) is 0 Å². The first-order valence-corrected chi connectivity index (χ1v) is 19.6. The molecule has 0 atom stereocenters. The maximum absolute atomic E-state index is 6.77. The van der Waals surface area contributed by atoms with Gasteiger partial charge in [-0.25, -0.2) is 0 Å². The van der Waals surface area contributed by atoms with Gasteiger partial charge in [-0.3, -0.25) is 0 Å². The summed E-state index contributed by atoms with van der Waals surface area (Å²) in [6.07, 6.45) is 5.95. The van der Waals surface area contributed by atoms with Crippen LogP contribution in [0.3, 0.4) is 0 Å². The van der Waals surface area contributed by atoms with E-state index in [0.29, 0.717) is 0 Å². The number of benzene rings is 1. The molecule has 0 amide bonds. The van der Waals surface area contributed by atoms with E-state index in [1.54, 1.807) is 9.07 Å². The zero-order chi connectivity index (χ0) is 18.1. The van der Waals surface area contributed by atoms with Crippen molar-refractivity contribution < 1.29 is 20.8 Å². The maximum atomic E-state index is 6.77. The Bertz CT molecular complexity index is 648. The first-order chi connectivity index (χ1) is 11.0. The van der Waals surface area contributed by atoms with Gasteiger partial charge in [-0.2, -0.15) is 0 Å². The Hall–Kier alpha value is -0.352. The van der Waals surface area contributed by atoms with Crippen molar-refractivity contribution in [2.75, 3.05) is 0 Å². The van der Waals surface area contributed by atoms with Gasteiger partial charge in [0.2, 0.25) is 0 Å². The van der Waals surface area contributed by atoms with Crippen molar-refractivity contribution in [1.29, 1.82) is 0 Å². The summed E-state index contributed by atoms with van der Waals surface area (Å²) in [5.41, 5.74) is 1.54. The number of rotatable bonds is 5. The van der Waals surface area contributed by atoms with Crippen LogP contribution in [0.5, 0.6) is 5.75 Å². The summed E-state index contributed by atoms with van der Waals surface area (Å²) in [7, 11) is -1.28. The van der Waals surface area contributed by atoms with Gasteiger partial charge in [0.15, 0.2) is 0 Å². The van der Waals surface area contributed by atoms with Crippen LogP contribution in [0, 0.1) is 0 Å². The molecule has 1 aliphatic rings. The molecule has 1 aromatic carbocycles. The third kappa shape index (κ3) is 4.84. The van der Waals surface area contributed by atoms with Crippen LogP contribution in [0.25, 0.3) is 0 Å². The molecule has 2 rings (SSSR count). The van der Waals surface area contributed by atoms with Crippen LogP contribution >= 0.6 is 0 Å². The van der Waals surface area contributed by atoms with Crippen molar-refractivity contribution in [2.24, 2.45) is 0 Å². The molecule has 0 aromatic heterocycles. The van der Waals surface area contributed by atoms with E-state index in [9.17, 15) is 0 Å². The van der Waals surface area contributed by atoms with E-state index in [4.69, 9.17) is 3.32 Å². The molecule has 0 unspecified atom stereocenters. The molecule has 24 heavy (non-hydrogen) atoms. The van der Waals surface area contributed by atoms with Crippen LogP contribution in [-0.2, 0) is 22.9 Å². The Balaban J connectivity index is 2.34. The number of hydrogen-bond acceptors (Lipinski definition) is 1. The fourth-order valence-electron chi connectivity index (χ4n) is 3.12. The zero-order valence-corrected chi connectivity index (χ0v) is 20.4. The predicted octanol–water partition coefficient (Wildman–Crippen LogP) is 5.97. The van der Waals surface area contributed by atoms with Crippen LogP contribution in [-0.4, -0.2) is 14.7 Å². The molecular formula is C20H33OSi2Ti. The Morgan fingerprint density at radius 1 is 1.12 bits per heavy atom. The van der Waals surface area contributed by atoms with Crippen LogP contribution in [0.1, 0.15) is 32.8 Å². The van der Waals surface area contributed by atoms with Gasteiger partial charge in [0.1, 0.15) is 0 Å². The van der Waals surface area contributed by atoms with E-state index in [2.05, 4.69) is 89.9 Å². The van der Waals surface area contributed by atoms with Crippen molar-refractivity contribution in [2.45, 2.75) is 65.3 Å². The van der Waals surface area contributed by atoms with Gasteiger partial charge in [-0.05, 0) is 0 Å². The predicted molar refractivity (Wildman–Crippen MR) is 109 cm³/mol. The second kappa shape index (κ2) is 7.49. The van der Waals surface area contributed by atoms with E-state index in [0.717, 1.165) is 12.2 Å². The Labute approximate surface area is 157 Å². The average molecular weight is 394 g/mol. The van der Waals surface area contributed by atoms with E-state index in [-0.39, 0.29) is 5.41 Å². The van der Waals surface area contributed by atoms with Gasteiger partial charge in [-0.15, -0.1) is 0 Å². The minimum atomic E-state index is -1.65. The molecular weight excluding hydrogens is 360 g/mol. The van der Waals surface area contributed by atoms with Gasteiger partial charge in [0.25, 0.3) is 0 Å². The van der Waals surface area contributed by atoms with Crippen molar-refractivity contribution in [1.82, 2.24) is 0 Å². The molecule has 0 spiro atoms. The molecule has 0 saturated carbocycles. The monoisotopic (exact) mass is 393 g/mol. The van der Waals surface area contributed by atoms with E-state index in [1.165, 1.54) is 5.56 Å². The summed E-state index contributed by atoms with van der Waals surface area (Å²) >= 11 is -1.65. The first-order valence-electron chi connectivity index (χ1n) is 9.06. The van der Waals surface area contributed by atoms with Crippen LogP contribution in [0.4, 0.5) is 0 Å². The molecule has 0 N–H and O–H groups in total. The molecule has 131 valence electrons. The molecule has 0 bridgehead atoms. The van der Waals surface area contributed by atoms with Gasteiger partial charge in [0.05, 0.1) is 0 Å². The van der Waals surface area contributed by atoms with Crippen molar-refractivity contribution in [3.63, 3.8) is 0 Å². The molecule has 1 nitrogen and oxygen atoms in total. The summed E-state index contributed by atoms with van der Waals surface area (Å²) in [5, 5.41) is 1.69. The van der Waals surface area contributed by atoms with E-state index in [1.807, 2.05) is 0 Å². The molecule has 0 saturated heterocycles. The van der Waals surface area contributed by atoms with E-state index < -0.39 is 32.3 Å². The van der Waals surface area contributed by atoms with Crippen molar-refractivity contribution in [3.05, 3.63) is 51.1 Å².